The molecule has 0 amide bonds. The SMILES string of the molecule is O=C(CSc1nnc2n1CCCCC2)c1ccccc1F. The molecule has 4 nitrogen and oxygen atoms in total. The van der Waals surface area contributed by atoms with Crippen LogP contribution in [0.5, 0.6) is 0 Å². The summed E-state index contributed by atoms with van der Waals surface area (Å²) in [5.74, 6) is 0.486. The first-order valence-electron chi connectivity index (χ1n) is 7.08. The van der Waals surface area contributed by atoms with Crippen LogP contribution in [-0.2, 0) is 13.0 Å². The van der Waals surface area contributed by atoms with Crippen molar-refractivity contribution < 1.29 is 9.18 Å². The van der Waals surface area contributed by atoms with Gasteiger partial charge in [0.05, 0.1) is 11.3 Å². The van der Waals surface area contributed by atoms with Crippen molar-refractivity contribution in [1.29, 1.82) is 0 Å². The zero-order chi connectivity index (χ0) is 14.7. The smallest absolute Gasteiger partial charge is 0.191 e. The first-order chi connectivity index (χ1) is 10.3. The van der Waals surface area contributed by atoms with Gasteiger partial charge in [-0.25, -0.2) is 4.39 Å². The molecule has 3 rings (SSSR count). The van der Waals surface area contributed by atoms with Crippen molar-refractivity contribution >= 4 is 17.5 Å². The Labute approximate surface area is 126 Å². The number of aryl methyl sites for hydroxylation is 1. The van der Waals surface area contributed by atoms with Crippen molar-refractivity contribution in [3.8, 4) is 0 Å². The van der Waals surface area contributed by atoms with Crippen molar-refractivity contribution in [2.24, 2.45) is 0 Å². The average Bonchev–Trinajstić information content (AvgIpc) is 2.72. The normalized spacial score (nSPS) is 14.5. The van der Waals surface area contributed by atoms with Crippen LogP contribution in [0.1, 0.15) is 35.4 Å². The molecule has 1 aromatic carbocycles. The lowest BCUT2D eigenvalue weighted by Gasteiger charge is -2.06. The van der Waals surface area contributed by atoms with Gasteiger partial charge in [-0.05, 0) is 25.0 Å². The van der Waals surface area contributed by atoms with E-state index in [4.69, 9.17) is 0 Å². The van der Waals surface area contributed by atoms with Gasteiger partial charge < -0.3 is 4.57 Å². The molecule has 0 bridgehead atoms. The number of aromatic nitrogens is 3. The van der Waals surface area contributed by atoms with Gasteiger partial charge >= 0.3 is 0 Å². The van der Waals surface area contributed by atoms with Crippen molar-refractivity contribution in [1.82, 2.24) is 14.8 Å². The lowest BCUT2D eigenvalue weighted by atomic mass is 10.1. The Balaban J connectivity index is 1.70. The molecule has 1 aromatic heterocycles. The number of thioether (sulfide) groups is 1. The van der Waals surface area contributed by atoms with Gasteiger partial charge in [0.1, 0.15) is 11.6 Å². The van der Waals surface area contributed by atoms with Crippen LogP contribution in [0.15, 0.2) is 29.4 Å². The standard InChI is InChI=1S/C15H16FN3OS/c16-12-7-4-3-6-11(12)13(20)10-21-15-18-17-14-8-2-1-5-9-19(14)15/h3-4,6-7H,1-2,5,8-10H2. The van der Waals surface area contributed by atoms with Crippen LogP contribution in [0.25, 0.3) is 0 Å². The maximum atomic E-state index is 13.6. The van der Waals surface area contributed by atoms with Crippen molar-refractivity contribution in [3.63, 3.8) is 0 Å². The summed E-state index contributed by atoms with van der Waals surface area (Å²) in [6.45, 7) is 0.901. The molecule has 21 heavy (non-hydrogen) atoms. The van der Waals surface area contributed by atoms with E-state index < -0.39 is 5.82 Å². The van der Waals surface area contributed by atoms with Gasteiger partial charge in [0, 0.05) is 13.0 Å². The quantitative estimate of drug-likeness (QED) is 0.643. The predicted molar refractivity (Wildman–Crippen MR) is 79.0 cm³/mol. The predicted octanol–water partition coefficient (Wildman–Crippen LogP) is 3.12. The number of rotatable bonds is 4. The molecule has 1 aliphatic heterocycles. The molecule has 0 atom stereocenters. The van der Waals surface area contributed by atoms with Gasteiger partial charge in [0.25, 0.3) is 0 Å². The number of ketones is 1. The van der Waals surface area contributed by atoms with Crippen LogP contribution in [0, 0.1) is 5.82 Å². The minimum absolute atomic E-state index is 0.139. The van der Waals surface area contributed by atoms with Gasteiger partial charge in [-0.3, -0.25) is 4.79 Å². The lowest BCUT2D eigenvalue weighted by Crippen LogP contribution is -2.07. The van der Waals surface area contributed by atoms with E-state index in [1.165, 1.54) is 30.3 Å². The topological polar surface area (TPSA) is 47.8 Å². The van der Waals surface area contributed by atoms with E-state index in [2.05, 4.69) is 14.8 Å². The molecular formula is C15H16FN3OS. The maximum Gasteiger partial charge on any atom is 0.191 e. The molecule has 0 radical (unpaired) electrons. The van der Waals surface area contributed by atoms with Gasteiger partial charge in [-0.15, -0.1) is 10.2 Å². The van der Waals surface area contributed by atoms with Gasteiger partial charge in [0.15, 0.2) is 10.9 Å². The highest BCUT2D eigenvalue weighted by Gasteiger charge is 2.17. The summed E-state index contributed by atoms with van der Waals surface area (Å²) in [7, 11) is 0. The first-order valence-corrected chi connectivity index (χ1v) is 8.07. The van der Waals surface area contributed by atoms with Crippen LogP contribution in [0.3, 0.4) is 0 Å². The van der Waals surface area contributed by atoms with Gasteiger partial charge in [-0.1, -0.05) is 30.3 Å². The summed E-state index contributed by atoms with van der Waals surface area (Å²) in [5.41, 5.74) is 0.139. The molecule has 0 aliphatic carbocycles. The molecule has 0 saturated carbocycles. The summed E-state index contributed by atoms with van der Waals surface area (Å²) in [6.07, 6.45) is 4.38. The third-order valence-corrected chi connectivity index (χ3v) is 4.55. The third-order valence-electron chi connectivity index (χ3n) is 3.58. The monoisotopic (exact) mass is 305 g/mol. The molecule has 6 heteroatoms. The maximum absolute atomic E-state index is 13.6. The fourth-order valence-electron chi connectivity index (χ4n) is 2.46. The van der Waals surface area contributed by atoms with E-state index in [1.807, 2.05) is 0 Å². The van der Waals surface area contributed by atoms with Crippen molar-refractivity contribution in [2.75, 3.05) is 5.75 Å². The molecule has 0 saturated heterocycles. The average molecular weight is 305 g/mol. The number of carbonyl (C=O) groups excluding carboxylic acids is 1. The molecule has 110 valence electrons. The highest BCUT2D eigenvalue weighted by Crippen LogP contribution is 2.22. The number of benzene rings is 1. The second-order valence-electron chi connectivity index (χ2n) is 5.05. The van der Waals surface area contributed by atoms with Crippen LogP contribution in [-0.4, -0.2) is 26.3 Å². The van der Waals surface area contributed by atoms with Crippen molar-refractivity contribution in [2.45, 2.75) is 37.4 Å². The first kappa shape index (κ1) is 14.3. The highest BCUT2D eigenvalue weighted by atomic mass is 32.2. The zero-order valence-electron chi connectivity index (χ0n) is 11.6. The Morgan fingerprint density at radius 1 is 1.24 bits per heavy atom. The van der Waals surface area contributed by atoms with E-state index >= 15 is 0 Å². The van der Waals surface area contributed by atoms with Crippen molar-refractivity contribution in [3.05, 3.63) is 41.5 Å². The number of nitrogens with zero attached hydrogens (tertiary/aromatic N) is 3. The van der Waals surface area contributed by atoms with E-state index in [-0.39, 0.29) is 17.1 Å². The molecular weight excluding hydrogens is 289 g/mol. The Morgan fingerprint density at radius 3 is 2.95 bits per heavy atom. The molecule has 0 unspecified atom stereocenters. The Bertz CT molecular complexity index is 656. The van der Waals surface area contributed by atoms with Gasteiger partial charge in [-0.2, -0.15) is 0 Å². The molecule has 2 aromatic rings. The number of carbonyl (C=O) groups is 1. The van der Waals surface area contributed by atoms with Crippen LogP contribution in [0.2, 0.25) is 0 Å². The summed E-state index contributed by atoms with van der Waals surface area (Å²) in [4.78, 5) is 12.1. The van der Waals surface area contributed by atoms with Crippen LogP contribution >= 0.6 is 11.8 Å². The fourth-order valence-corrected chi connectivity index (χ4v) is 3.33. The summed E-state index contributed by atoms with van der Waals surface area (Å²) < 4.78 is 15.7. The third kappa shape index (κ3) is 3.15. The number of hydrogen-bond acceptors (Lipinski definition) is 4. The number of fused-ring (bicyclic) bond motifs is 1. The van der Waals surface area contributed by atoms with Crippen LogP contribution in [0.4, 0.5) is 4.39 Å². The highest BCUT2D eigenvalue weighted by molar-refractivity contribution is 7.99. The molecule has 0 N–H and O–H groups in total. The summed E-state index contributed by atoms with van der Waals surface area (Å²) in [5, 5.41) is 9.11. The second-order valence-corrected chi connectivity index (χ2v) is 6.00. The minimum Gasteiger partial charge on any atom is -0.306 e. The van der Waals surface area contributed by atoms with E-state index in [9.17, 15) is 9.18 Å². The molecule has 2 heterocycles. The molecule has 0 spiro atoms. The lowest BCUT2D eigenvalue weighted by molar-refractivity contribution is 0.101. The number of halogens is 1. The minimum atomic E-state index is -0.469. The molecule has 1 aliphatic rings. The summed E-state index contributed by atoms with van der Waals surface area (Å²) >= 11 is 1.34. The largest absolute Gasteiger partial charge is 0.306 e. The van der Waals surface area contributed by atoms with Crippen LogP contribution < -0.4 is 0 Å². The Kier molecular flexibility index (Phi) is 4.34. The second kappa shape index (κ2) is 6.39. The van der Waals surface area contributed by atoms with E-state index in [0.717, 1.165) is 36.8 Å². The number of hydrogen-bond donors (Lipinski definition) is 0. The zero-order valence-corrected chi connectivity index (χ0v) is 12.4. The fraction of sp³-hybridized carbons (Fsp3) is 0.400. The van der Waals surface area contributed by atoms with Gasteiger partial charge in [0.2, 0.25) is 0 Å². The Morgan fingerprint density at radius 2 is 2.10 bits per heavy atom. The Hall–Kier alpha value is -1.69. The van der Waals surface area contributed by atoms with E-state index in [0.29, 0.717) is 0 Å². The molecule has 0 fully saturated rings. The number of Topliss-reactive ketones (excluding diaryl/α,β-unsaturated/α-hetero) is 1. The van der Waals surface area contributed by atoms with E-state index in [1.54, 1.807) is 12.1 Å². The summed E-state index contributed by atoms with van der Waals surface area (Å²) in [6, 6.07) is 6.07.